The van der Waals surface area contributed by atoms with E-state index >= 15 is 0 Å². The third kappa shape index (κ3) is 6.44. The lowest BCUT2D eigenvalue weighted by Crippen LogP contribution is -2.04. The van der Waals surface area contributed by atoms with Crippen LogP contribution in [0, 0.1) is 5.92 Å². The SMILES string of the molecule is COc1ccccc1/C=C/C(CCc1ccc(C(C)=O)cc1)Cc1ccc(-c2noc(=O)[nH]2)cc1. The molecule has 3 aromatic carbocycles. The molecule has 0 spiro atoms. The maximum atomic E-state index is 11.6. The fraction of sp³-hybridized carbons (Fsp3) is 0.207. The highest BCUT2D eigenvalue weighted by Gasteiger charge is 2.10. The predicted octanol–water partition coefficient (Wildman–Crippen LogP) is 5.75. The minimum Gasteiger partial charge on any atom is -0.496 e. The van der Waals surface area contributed by atoms with E-state index in [-0.39, 0.29) is 11.7 Å². The minimum absolute atomic E-state index is 0.0762. The third-order valence-electron chi connectivity index (χ3n) is 6.02. The Balaban J connectivity index is 1.51. The van der Waals surface area contributed by atoms with Crippen molar-refractivity contribution in [1.29, 1.82) is 0 Å². The van der Waals surface area contributed by atoms with E-state index in [9.17, 15) is 9.59 Å². The monoisotopic (exact) mass is 468 g/mol. The Bertz CT molecular complexity index is 1350. The third-order valence-corrected chi connectivity index (χ3v) is 6.02. The molecule has 0 amide bonds. The summed E-state index contributed by atoms with van der Waals surface area (Å²) in [5.74, 6) is 1.05. The first kappa shape index (κ1) is 24.0. The molecule has 0 aliphatic rings. The first-order valence-corrected chi connectivity index (χ1v) is 11.6. The van der Waals surface area contributed by atoms with Gasteiger partial charge in [-0.3, -0.25) is 14.3 Å². The van der Waals surface area contributed by atoms with Crippen LogP contribution in [0.1, 0.15) is 40.4 Å². The molecule has 1 atom stereocenters. The normalized spacial score (nSPS) is 12.1. The highest BCUT2D eigenvalue weighted by molar-refractivity contribution is 5.94. The molecule has 1 heterocycles. The highest BCUT2D eigenvalue weighted by atomic mass is 16.5. The Morgan fingerprint density at radius 3 is 2.40 bits per heavy atom. The molecule has 0 bridgehead atoms. The average molecular weight is 469 g/mol. The van der Waals surface area contributed by atoms with Crippen LogP contribution in [0.25, 0.3) is 17.5 Å². The highest BCUT2D eigenvalue weighted by Crippen LogP contribution is 2.24. The number of benzene rings is 3. The second-order valence-electron chi connectivity index (χ2n) is 8.50. The molecule has 0 radical (unpaired) electrons. The van der Waals surface area contributed by atoms with Gasteiger partial charge in [-0.1, -0.05) is 84.0 Å². The first-order valence-electron chi connectivity index (χ1n) is 11.6. The number of H-pyrrole nitrogens is 1. The summed E-state index contributed by atoms with van der Waals surface area (Å²) in [7, 11) is 1.68. The number of hydrogen-bond acceptors (Lipinski definition) is 5. The maximum absolute atomic E-state index is 11.6. The van der Waals surface area contributed by atoms with Gasteiger partial charge in [0, 0.05) is 16.7 Å². The number of aryl methyl sites for hydroxylation is 1. The number of para-hydroxylation sites is 1. The van der Waals surface area contributed by atoms with Crippen molar-refractivity contribution in [1.82, 2.24) is 10.1 Å². The zero-order chi connectivity index (χ0) is 24.6. The van der Waals surface area contributed by atoms with Gasteiger partial charge >= 0.3 is 5.76 Å². The molecule has 0 fully saturated rings. The maximum Gasteiger partial charge on any atom is 0.439 e. The smallest absolute Gasteiger partial charge is 0.439 e. The lowest BCUT2D eigenvalue weighted by Gasteiger charge is -2.14. The van der Waals surface area contributed by atoms with Gasteiger partial charge in [0.25, 0.3) is 0 Å². The van der Waals surface area contributed by atoms with E-state index < -0.39 is 5.76 Å². The molecule has 35 heavy (non-hydrogen) atoms. The number of allylic oxidation sites excluding steroid dienone is 1. The van der Waals surface area contributed by atoms with Gasteiger partial charge in [-0.25, -0.2) is 4.79 Å². The van der Waals surface area contributed by atoms with Crippen LogP contribution >= 0.6 is 0 Å². The second kappa shape index (κ2) is 11.3. The number of carbonyl (C=O) groups excluding carboxylic acids is 1. The van der Waals surface area contributed by atoms with Gasteiger partial charge in [-0.2, -0.15) is 0 Å². The van der Waals surface area contributed by atoms with Crippen molar-refractivity contribution in [2.75, 3.05) is 7.11 Å². The Labute approximate surface area is 204 Å². The van der Waals surface area contributed by atoms with Gasteiger partial charge in [0.2, 0.25) is 0 Å². The average Bonchev–Trinajstić information content (AvgIpc) is 3.32. The lowest BCUT2D eigenvalue weighted by atomic mass is 9.91. The van der Waals surface area contributed by atoms with Crippen LogP contribution in [0.3, 0.4) is 0 Å². The fourth-order valence-corrected chi connectivity index (χ4v) is 4.02. The van der Waals surface area contributed by atoms with E-state index in [4.69, 9.17) is 4.74 Å². The molecule has 6 heteroatoms. The zero-order valence-electron chi connectivity index (χ0n) is 19.9. The summed E-state index contributed by atoms with van der Waals surface area (Å²) in [4.78, 5) is 25.4. The molecule has 0 aliphatic carbocycles. The van der Waals surface area contributed by atoms with Crippen LogP contribution < -0.4 is 10.5 Å². The van der Waals surface area contributed by atoms with Gasteiger partial charge in [0.1, 0.15) is 5.75 Å². The number of carbonyl (C=O) groups is 1. The van der Waals surface area contributed by atoms with Crippen LogP contribution in [0.15, 0.2) is 88.2 Å². The number of nitrogens with zero attached hydrogens (tertiary/aromatic N) is 1. The molecule has 4 aromatic rings. The molecule has 0 saturated heterocycles. The summed E-state index contributed by atoms with van der Waals surface area (Å²) in [6.07, 6.45) is 7.06. The molecular formula is C29H28N2O4. The summed E-state index contributed by atoms with van der Waals surface area (Å²) in [5.41, 5.74) is 4.95. The predicted molar refractivity (Wildman–Crippen MR) is 137 cm³/mol. The molecular weight excluding hydrogens is 440 g/mol. The van der Waals surface area contributed by atoms with E-state index in [1.54, 1.807) is 14.0 Å². The van der Waals surface area contributed by atoms with E-state index in [0.717, 1.165) is 41.7 Å². The second-order valence-corrected chi connectivity index (χ2v) is 8.50. The number of aromatic amines is 1. The van der Waals surface area contributed by atoms with Crippen molar-refractivity contribution in [3.8, 4) is 17.1 Å². The molecule has 178 valence electrons. The number of ketones is 1. The van der Waals surface area contributed by atoms with Gasteiger partial charge in [0.05, 0.1) is 7.11 Å². The van der Waals surface area contributed by atoms with E-state index in [0.29, 0.717) is 5.82 Å². The molecule has 0 aliphatic heterocycles. The van der Waals surface area contributed by atoms with Crippen LogP contribution in [0.4, 0.5) is 0 Å². The topological polar surface area (TPSA) is 85.2 Å². The molecule has 4 rings (SSSR count). The number of Topliss-reactive ketones (excluding diaryl/α,β-unsaturated/α-hetero) is 1. The summed E-state index contributed by atoms with van der Waals surface area (Å²) in [6, 6.07) is 23.8. The van der Waals surface area contributed by atoms with Crippen LogP contribution in [-0.4, -0.2) is 23.0 Å². The van der Waals surface area contributed by atoms with Crippen molar-refractivity contribution >= 4 is 11.9 Å². The van der Waals surface area contributed by atoms with Gasteiger partial charge in [-0.15, -0.1) is 0 Å². The number of methoxy groups -OCH3 is 1. The Hall–Kier alpha value is -4.19. The van der Waals surface area contributed by atoms with Crippen molar-refractivity contribution in [2.24, 2.45) is 5.92 Å². The number of rotatable bonds is 10. The Kier molecular flexibility index (Phi) is 7.73. The van der Waals surface area contributed by atoms with Crippen molar-refractivity contribution in [3.63, 3.8) is 0 Å². The van der Waals surface area contributed by atoms with Crippen molar-refractivity contribution < 1.29 is 14.1 Å². The van der Waals surface area contributed by atoms with Gasteiger partial charge < -0.3 is 4.74 Å². The fourth-order valence-electron chi connectivity index (χ4n) is 4.02. The Morgan fingerprint density at radius 2 is 1.74 bits per heavy atom. The summed E-state index contributed by atoms with van der Waals surface area (Å²) < 4.78 is 10.1. The molecule has 1 aromatic heterocycles. The van der Waals surface area contributed by atoms with Crippen LogP contribution in [0.2, 0.25) is 0 Å². The van der Waals surface area contributed by atoms with Gasteiger partial charge in [-0.05, 0) is 49.3 Å². The summed E-state index contributed by atoms with van der Waals surface area (Å²) >= 11 is 0. The molecule has 6 nitrogen and oxygen atoms in total. The number of nitrogens with one attached hydrogen (secondary N) is 1. The van der Waals surface area contributed by atoms with Crippen LogP contribution in [0.5, 0.6) is 5.75 Å². The quantitative estimate of drug-likeness (QED) is 0.300. The number of ether oxygens (including phenoxy) is 1. The number of hydrogen-bond donors (Lipinski definition) is 1. The van der Waals surface area contributed by atoms with E-state index in [1.165, 1.54) is 11.1 Å². The lowest BCUT2D eigenvalue weighted by molar-refractivity contribution is 0.101. The number of aromatic nitrogens is 2. The van der Waals surface area contributed by atoms with E-state index in [1.807, 2.05) is 72.8 Å². The van der Waals surface area contributed by atoms with Gasteiger partial charge in [0.15, 0.2) is 11.6 Å². The standard InChI is InChI=1S/C29H28N2O4/c1-20(32)24-14-9-21(10-15-24)7-8-22(11-16-25-5-3-4-6-27(25)34-2)19-23-12-17-26(18-13-23)28-30-29(33)35-31-28/h3-6,9-18,22H,7-8,19H2,1-2H3,(H,30,31,33)/b16-11+. The molecule has 1 N–H and O–H groups in total. The van der Waals surface area contributed by atoms with Crippen LogP contribution in [-0.2, 0) is 12.8 Å². The first-order chi connectivity index (χ1) is 17.0. The minimum atomic E-state index is -0.568. The Morgan fingerprint density at radius 1 is 1.03 bits per heavy atom. The molecule has 1 unspecified atom stereocenters. The summed E-state index contributed by atoms with van der Waals surface area (Å²) in [6.45, 7) is 1.58. The summed E-state index contributed by atoms with van der Waals surface area (Å²) in [5, 5.41) is 3.75. The zero-order valence-corrected chi connectivity index (χ0v) is 19.9. The van der Waals surface area contributed by atoms with E-state index in [2.05, 4.69) is 26.8 Å². The van der Waals surface area contributed by atoms with Crippen molar-refractivity contribution in [2.45, 2.75) is 26.2 Å². The molecule has 0 saturated carbocycles. The van der Waals surface area contributed by atoms with Crippen molar-refractivity contribution in [3.05, 3.63) is 112 Å². The largest absolute Gasteiger partial charge is 0.496 e.